The minimum atomic E-state index is 0.401. The van der Waals surface area contributed by atoms with Crippen LogP contribution in [-0.2, 0) is 0 Å². The zero-order chi connectivity index (χ0) is 14.1. The van der Waals surface area contributed by atoms with E-state index in [9.17, 15) is 0 Å². The molecule has 1 heterocycles. The Bertz CT molecular complexity index is 773. The number of aromatic nitrogens is 2. The first-order valence-electron chi connectivity index (χ1n) is 5.79. The van der Waals surface area contributed by atoms with Gasteiger partial charge in [0.25, 0.3) is 5.89 Å². The van der Waals surface area contributed by atoms with E-state index in [-0.39, 0.29) is 0 Å². The van der Waals surface area contributed by atoms with Gasteiger partial charge in [0.05, 0.1) is 5.02 Å². The normalized spacial score (nSPS) is 10.7. The Balaban J connectivity index is 2.02. The van der Waals surface area contributed by atoms with Gasteiger partial charge in [0, 0.05) is 21.3 Å². The van der Waals surface area contributed by atoms with E-state index in [1.807, 2.05) is 30.3 Å². The van der Waals surface area contributed by atoms with Gasteiger partial charge >= 0.3 is 0 Å². The van der Waals surface area contributed by atoms with Crippen LogP contribution in [0.4, 0.5) is 5.69 Å². The summed E-state index contributed by atoms with van der Waals surface area (Å²) in [5.74, 6) is 0.856. The zero-order valence-corrected chi connectivity index (χ0v) is 12.5. The van der Waals surface area contributed by atoms with E-state index >= 15 is 0 Å². The van der Waals surface area contributed by atoms with E-state index in [2.05, 4.69) is 26.1 Å². The Morgan fingerprint density at radius 3 is 2.70 bits per heavy atom. The lowest BCUT2D eigenvalue weighted by molar-refractivity contribution is 0.432. The Kier molecular flexibility index (Phi) is 3.46. The Morgan fingerprint density at radius 2 is 1.95 bits per heavy atom. The van der Waals surface area contributed by atoms with Crippen LogP contribution in [0.15, 0.2) is 51.5 Å². The zero-order valence-electron chi connectivity index (χ0n) is 10.2. The van der Waals surface area contributed by atoms with E-state index in [1.165, 1.54) is 0 Å². The van der Waals surface area contributed by atoms with Crippen molar-refractivity contribution in [3.05, 3.63) is 52.0 Å². The molecule has 0 fully saturated rings. The van der Waals surface area contributed by atoms with E-state index in [0.717, 1.165) is 15.6 Å². The summed E-state index contributed by atoms with van der Waals surface area (Å²) in [5.41, 5.74) is 8.00. The van der Waals surface area contributed by atoms with Crippen molar-refractivity contribution in [3.63, 3.8) is 0 Å². The average molecular weight is 351 g/mol. The van der Waals surface area contributed by atoms with Gasteiger partial charge in [-0.05, 0) is 46.3 Å². The fraction of sp³-hybridized carbons (Fsp3) is 0. The largest absolute Gasteiger partial charge is 0.398 e. The molecular formula is C14H9BrClN3O. The second-order valence-electron chi connectivity index (χ2n) is 4.14. The summed E-state index contributed by atoms with van der Waals surface area (Å²) < 4.78 is 6.08. The number of hydrogen-bond donors (Lipinski definition) is 1. The molecule has 0 aliphatic rings. The van der Waals surface area contributed by atoms with Crippen LogP contribution in [0.3, 0.4) is 0 Å². The fourth-order valence-corrected chi connectivity index (χ4v) is 2.21. The molecule has 100 valence electrons. The second-order valence-corrected chi connectivity index (χ2v) is 5.40. The van der Waals surface area contributed by atoms with Gasteiger partial charge in [0.1, 0.15) is 0 Å². The highest BCUT2D eigenvalue weighted by atomic mass is 79.9. The number of anilines is 1. The highest BCUT2D eigenvalue weighted by molar-refractivity contribution is 9.10. The molecule has 3 rings (SSSR count). The molecule has 20 heavy (non-hydrogen) atoms. The first kappa shape index (κ1) is 13.1. The molecule has 0 saturated carbocycles. The summed E-state index contributed by atoms with van der Waals surface area (Å²) in [6.07, 6.45) is 0. The van der Waals surface area contributed by atoms with Crippen molar-refractivity contribution in [1.82, 2.24) is 10.1 Å². The third-order valence-corrected chi connectivity index (χ3v) is 4.03. The maximum atomic E-state index is 6.06. The van der Waals surface area contributed by atoms with E-state index < -0.39 is 0 Å². The van der Waals surface area contributed by atoms with Gasteiger partial charge in [-0.2, -0.15) is 4.98 Å². The molecule has 0 atom stereocenters. The lowest BCUT2D eigenvalue weighted by Gasteiger charge is -1.99. The van der Waals surface area contributed by atoms with Crippen molar-refractivity contribution in [2.24, 2.45) is 0 Å². The predicted octanol–water partition coefficient (Wildman–Crippen LogP) is 4.40. The molecule has 1 aromatic heterocycles. The van der Waals surface area contributed by atoms with Crippen molar-refractivity contribution < 1.29 is 4.52 Å². The molecule has 0 amide bonds. The van der Waals surface area contributed by atoms with Crippen molar-refractivity contribution in [3.8, 4) is 22.8 Å². The monoisotopic (exact) mass is 349 g/mol. The predicted molar refractivity (Wildman–Crippen MR) is 82.3 cm³/mol. The molecule has 0 radical (unpaired) electrons. The summed E-state index contributed by atoms with van der Waals surface area (Å²) in [4.78, 5) is 4.35. The van der Waals surface area contributed by atoms with E-state index in [1.54, 1.807) is 12.1 Å². The van der Waals surface area contributed by atoms with Crippen LogP contribution in [0.1, 0.15) is 0 Å². The van der Waals surface area contributed by atoms with Gasteiger partial charge in [-0.15, -0.1) is 0 Å². The van der Waals surface area contributed by atoms with Gasteiger partial charge in [-0.25, -0.2) is 0 Å². The molecule has 6 heteroatoms. The van der Waals surface area contributed by atoms with Crippen LogP contribution < -0.4 is 5.73 Å². The molecule has 0 aliphatic carbocycles. The summed E-state index contributed by atoms with van der Waals surface area (Å²) in [6.45, 7) is 0. The van der Waals surface area contributed by atoms with Crippen molar-refractivity contribution >= 4 is 33.2 Å². The molecule has 0 bridgehead atoms. The molecule has 0 aliphatic heterocycles. The summed E-state index contributed by atoms with van der Waals surface area (Å²) in [7, 11) is 0. The molecule has 2 aromatic carbocycles. The molecule has 0 spiro atoms. The summed E-state index contributed by atoms with van der Waals surface area (Å²) >= 11 is 9.39. The molecule has 4 nitrogen and oxygen atoms in total. The third kappa shape index (κ3) is 2.42. The topological polar surface area (TPSA) is 64.9 Å². The second kappa shape index (κ2) is 5.26. The lowest BCUT2D eigenvalue weighted by Crippen LogP contribution is -1.90. The standard InChI is InChI=1S/C14H9BrClN3O/c15-10-6-5-8(7-11(10)16)14-18-13(19-20-14)9-3-1-2-4-12(9)17/h1-7H,17H2. The van der Waals surface area contributed by atoms with Crippen molar-refractivity contribution in [2.75, 3.05) is 5.73 Å². The van der Waals surface area contributed by atoms with Gasteiger partial charge in [-0.1, -0.05) is 28.9 Å². The maximum absolute atomic E-state index is 6.06. The number of rotatable bonds is 2. The maximum Gasteiger partial charge on any atom is 0.258 e. The van der Waals surface area contributed by atoms with Crippen LogP contribution in [0.2, 0.25) is 5.02 Å². The molecule has 0 saturated heterocycles. The van der Waals surface area contributed by atoms with Crippen molar-refractivity contribution in [2.45, 2.75) is 0 Å². The highest BCUT2D eigenvalue weighted by Crippen LogP contribution is 2.30. The number of para-hydroxylation sites is 1. The molecular weight excluding hydrogens is 342 g/mol. The molecule has 3 aromatic rings. The van der Waals surface area contributed by atoms with Gasteiger partial charge < -0.3 is 10.3 Å². The Hall–Kier alpha value is -1.85. The van der Waals surface area contributed by atoms with Gasteiger partial charge in [0.15, 0.2) is 0 Å². The average Bonchev–Trinajstić information content (AvgIpc) is 2.92. The number of halogens is 2. The molecule has 0 unspecified atom stereocenters. The minimum Gasteiger partial charge on any atom is -0.398 e. The van der Waals surface area contributed by atoms with E-state index in [0.29, 0.717) is 22.4 Å². The van der Waals surface area contributed by atoms with E-state index in [4.69, 9.17) is 21.9 Å². The van der Waals surface area contributed by atoms with Crippen LogP contribution >= 0.6 is 27.5 Å². The summed E-state index contributed by atoms with van der Waals surface area (Å²) in [5, 5.41) is 4.54. The SMILES string of the molecule is Nc1ccccc1-c1noc(-c2ccc(Br)c(Cl)c2)n1. The Morgan fingerprint density at radius 1 is 1.15 bits per heavy atom. The number of nitrogens with zero attached hydrogens (tertiary/aromatic N) is 2. The quantitative estimate of drug-likeness (QED) is 0.696. The number of nitrogens with two attached hydrogens (primary N) is 1. The van der Waals surface area contributed by atoms with Crippen molar-refractivity contribution in [1.29, 1.82) is 0 Å². The fourth-order valence-electron chi connectivity index (χ4n) is 1.78. The summed E-state index contributed by atoms with van der Waals surface area (Å²) in [6, 6.07) is 12.8. The smallest absolute Gasteiger partial charge is 0.258 e. The van der Waals surface area contributed by atoms with Gasteiger partial charge in [-0.3, -0.25) is 0 Å². The lowest BCUT2D eigenvalue weighted by atomic mass is 10.2. The number of nitrogen functional groups attached to an aromatic ring is 1. The van der Waals surface area contributed by atoms with Crippen LogP contribution in [0, 0.1) is 0 Å². The van der Waals surface area contributed by atoms with Crippen LogP contribution in [0.5, 0.6) is 0 Å². The van der Waals surface area contributed by atoms with Crippen LogP contribution in [-0.4, -0.2) is 10.1 Å². The highest BCUT2D eigenvalue weighted by Gasteiger charge is 2.13. The number of hydrogen-bond acceptors (Lipinski definition) is 4. The minimum absolute atomic E-state index is 0.401. The third-order valence-electron chi connectivity index (χ3n) is 2.79. The van der Waals surface area contributed by atoms with Crippen LogP contribution in [0.25, 0.3) is 22.8 Å². The first-order chi connectivity index (χ1) is 9.65. The number of benzene rings is 2. The molecule has 2 N–H and O–H groups in total. The first-order valence-corrected chi connectivity index (χ1v) is 6.96. The van der Waals surface area contributed by atoms with Gasteiger partial charge in [0.2, 0.25) is 5.82 Å². The Labute approximate surface area is 128 Å².